The molecular formula is C22H25F3N4O2. The summed E-state index contributed by atoms with van der Waals surface area (Å²) in [7, 11) is 0. The van der Waals surface area contributed by atoms with E-state index in [-0.39, 0.29) is 5.56 Å². The van der Waals surface area contributed by atoms with Crippen LogP contribution in [0.2, 0.25) is 0 Å². The molecule has 0 aliphatic carbocycles. The van der Waals surface area contributed by atoms with Crippen molar-refractivity contribution in [2.75, 3.05) is 31.1 Å². The van der Waals surface area contributed by atoms with E-state index in [1.165, 1.54) is 12.1 Å². The molecule has 1 aromatic carbocycles. The van der Waals surface area contributed by atoms with Crippen molar-refractivity contribution in [2.45, 2.75) is 32.5 Å². The maximum Gasteiger partial charge on any atom is 0.435 e. The van der Waals surface area contributed by atoms with Gasteiger partial charge < -0.3 is 14.5 Å². The summed E-state index contributed by atoms with van der Waals surface area (Å²) in [5, 5.41) is 7.27. The summed E-state index contributed by atoms with van der Waals surface area (Å²) in [6.07, 6.45) is -2.02. The van der Waals surface area contributed by atoms with E-state index in [9.17, 15) is 18.0 Å². The molecule has 166 valence electrons. The van der Waals surface area contributed by atoms with Gasteiger partial charge in [-0.1, -0.05) is 42.5 Å². The molecule has 1 aromatic heterocycles. The first-order valence-corrected chi connectivity index (χ1v) is 9.94. The summed E-state index contributed by atoms with van der Waals surface area (Å²) in [6.45, 7) is 6.98. The van der Waals surface area contributed by atoms with Crippen molar-refractivity contribution in [2.24, 2.45) is 0 Å². The molecule has 0 N–H and O–H groups in total. The smallest absolute Gasteiger partial charge is 0.435 e. The second kappa shape index (κ2) is 8.95. The van der Waals surface area contributed by atoms with Crippen LogP contribution in [0.5, 0.6) is 0 Å². The number of hydrogen-bond acceptors (Lipinski definition) is 5. The molecule has 9 heteroatoms. The molecule has 0 atom stereocenters. The molecule has 0 unspecified atom stereocenters. The zero-order valence-corrected chi connectivity index (χ0v) is 17.7. The van der Waals surface area contributed by atoms with E-state index in [1.54, 1.807) is 43.9 Å². The average Bonchev–Trinajstić information content (AvgIpc) is 2.71. The van der Waals surface area contributed by atoms with Gasteiger partial charge in [0.15, 0.2) is 11.5 Å². The normalized spacial score (nSPS) is 15.4. The molecule has 2 heterocycles. The number of alkyl halides is 3. The first-order valence-electron chi connectivity index (χ1n) is 9.94. The maximum absolute atomic E-state index is 13.4. The Kier molecular flexibility index (Phi) is 6.52. The van der Waals surface area contributed by atoms with Crippen LogP contribution in [0.15, 0.2) is 36.4 Å². The number of piperazine rings is 1. The Morgan fingerprint density at radius 1 is 1.00 bits per heavy atom. The van der Waals surface area contributed by atoms with Crippen molar-refractivity contribution in [3.8, 4) is 0 Å². The zero-order valence-electron chi connectivity index (χ0n) is 17.7. The largest absolute Gasteiger partial charge is 0.444 e. The van der Waals surface area contributed by atoms with E-state index in [0.29, 0.717) is 32.0 Å². The van der Waals surface area contributed by atoms with Gasteiger partial charge in [-0.25, -0.2) is 4.79 Å². The minimum atomic E-state index is -4.61. The van der Waals surface area contributed by atoms with Gasteiger partial charge >= 0.3 is 12.3 Å². The number of halogens is 3. The summed E-state index contributed by atoms with van der Waals surface area (Å²) in [5.41, 5.74) is -0.903. The predicted octanol–water partition coefficient (Wildman–Crippen LogP) is 4.72. The number of anilines is 1. The molecule has 0 spiro atoms. The lowest BCUT2D eigenvalue weighted by molar-refractivity contribution is -0.141. The highest BCUT2D eigenvalue weighted by Gasteiger charge is 2.36. The molecule has 0 bridgehead atoms. The molecule has 1 fully saturated rings. The van der Waals surface area contributed by atoms with Gasteiger partial charge in [0.2, 0.25) is 0 Å². The third-order valence-electron chi connectivity index (χ3n) is 4.59. The van der Waals surface area contributed by atoms with Crippen molar-refractivity contribution in [1.29, 1.82) is 0 Å². The van der Waals surface area contributed by atoms with E-state index < -0.39 is 23.6 Å². The monoisotopic (exact) mass is 434 g/mol. The number of carbonyl (C=O) groups is 1. The topological polar surface area (TPSA) is 58.6 Å². The SMILES string of the molecule is CC(C)(C)OC(=O)N1CCN(c2cc(C=Cc3ccccc3)c(C(F)(F)F)nn2)CC1. The van der Waals surface area contributed by atoms with Crippen molar-refractivity contribution in [3.63, 3.8) is 0 Å². The fraction of sp³-hybridized carbons (Fsp3) is 0.409. The second-order valence-electron chi connectivity index (χ2n) is 8.20. The van der Waals surface area contributed by atoms with Gasteiger partial charge in [-0.3, -0.25) is 0 Å². The van der Waals surface area contributed by atoms with Crippen LogP contribution < -0.4 is 4.90 Å². The van der Waals surface area contributed by atoms with Gasteiger partial charge in [-0.15, -0.1) is 10.2 Å². The molecule has 1 aliphatic rings. The Bertz CT molecular complexity index is 932. The Morgan fingerprint density at radius 3 is 2.23 bits per heavy atom. The lowest BCUT2D eigenvalue weighted by Gasteiger charge is -2.36. The van der Waals surface area contributed by atoms with Gasteiger partial charge in [-0.05, 0) is 32.4 Å². The Hall–Kier alpha value is -3.10. The highest BCUT2D eigenvalue weighted by Crippen LogP contribution is 2.32. The summed E-state index contributed by atoms with van der Waals surface area (Å²) >= 11 is 0. The third-order valence-corrected chi connectivity index (χ3v) is 4.59. The van der Waals surface area contributed by atoms with Crippen LogP contribution in [0.3, 0.4) is 0 Å². The molecule has 31 heavy (non-hydrogen) atoms. The van der Waals surface area contributed by atoms with Crippen molar-refractivity contribution < 1.29 is 22.7 Å². The fourth-order valence-corrected chi connectivity index (χ4v) is 3.09. The summed E-state index contributed by atoms with van der Waals surface area (Å²) in [6, 6.07) is 10.4. The third kappa shape index (κ3) is 6.19. The van der Waals surface area contributed by atoms with Crippen molar-refractivity contribution in [1.82, 2.24) is 15.1 Å². The minimum absolute atomic E-state index is 0.0593. The summed E-state index contributed by atoms with van der Waals surface area (Å²) in [5.74, 6) is 0.338. The van der Waals surface area contributed by atoms with E-state index in [1.807, 2.05) is 23.1 Å². The van der Waals surface area contributed by atoms with E-state index in [4.69, 9.17) is 4.74 Å². The van der Waals surface area contributed by atoms with Gasteiger partial charge in [0.1, 0.15) is 5.60 Å². The van der Waals surface area contributed by atoms with Crippen LogP contribution in [-0.2, 0) is 10.9 Å². The number of benzene rings is 1. The fourth-order valence-electron chi connectivity index (χ4n) is 3.09. The number of hydrogen-bond donors (Lipinski definition) is 0. The van der Waals surface area contributed by atoms with Gasteiger partial charge in [0, 0.05) is 31.7 Å². The molecule has 0 saturated carbocycles. The van der Waals surface area contributed by atoms with Crippen molar-refractivity contribution >= 4 is 24.1 Å². The van der Waals surface area contributed by atoms with Gasteiger partial charge in [-0.2, -0.15) is 13.2 Å². The Morgan fingerprint density at radius 2 is 1.65 bits per heavy atom. The van der Waals surface area contributed by atoms with Crippen LogP contribution in [0.1, 0.15) is 37.6 Å². The molecule has 6 nitrogen and oxygen atoms in total. The first kappa shape index (κ1) is 22.6. The molecule has 0 radical (unpaired) electrons. The van der Waals surface area contributed by atoms with Crippen LogP contribution in [0, 0.1) is 0 Å². The lowest BCUT2D eigenvalue weighted by Crippen LogP contribution is -2.50. The van der Waals surface area contributed by atoms with E-state index >= 15 is 0 Å². The molecule has 1 amide bonds. The number of carbonyl (C=O) groups excluding carboxylic acids is 1. The molecule has 2 aromatic rings. The number of ether oxygens (including phenoxy) is 1. The van der Waals surface area contributed by atoms with E-state index in [2.05, 4.69) is 10.2 Å². The number of nitrogens with zero attached hydrogens (tertiary/aromatic N) is 4. The van der Waals surface area contributed by atoms with Crippen LogP contribution in [0.25, 0.3) is 12.2 Å². The Balaban J connectivity index is 1.77. The van der Waals surface area contributed by atoms with E-state index in [0.717, 1.165) is 5.56 Å². The van der Waals surface area contributed by atoms with Crippen LogP contribution in [0.4, 0.5) is 23.8 Å². The number of rotatable bonds is 3. The summed E-state index contributed by atoms with van der Waals surface area (Å²) < 4.78 is 45.6. The van der Waals surface area contributed by atoms with Gasteiger partial charge in [0.05, 0.1) is 0 Å². The number of aromatic nitrogens is 2. The zero-order chi connectivity index (χ0) is 22.6. The average molecular weight is 434 g/mol. The quantitative estimate of drug-likeness (QED) is 0.700. The van der Waals surface area contributed by atoms with Crippen molar-refractivity contribution in [3.05, 3.63) is 53.2 Å². The summed E-state index contributed by atoms with van der Waals surface area (Å²) in [4.78, 5) is 15.6. The highest BCUT2D eigenvalue weighted by atomic mass is 19.4. The first-order chi connectivity index (χ1) is 14.5. The second-order valence-corrected chi connectivity index (χ2v) is 8.20. The maximum atomic E-state index is 13.4. The number of amides is 1. The van der Waals surface area contributed by atoms with Crippen LogP contribution >= 0.6 is 0 Å². The molecule has 1 aliphatic heterocycles. The lowest BCUT2D eigenvalue weighted by atomic mass is 10.1. The molecule has 1 saturated heterocycles. The predicted molar refractivity (Wildman–Crippen MR) is 112 cm³/mol. The Labute approximate surface area is 179 Å². The standard InChI is InChI=1S/C22H25F3N4O2/c1-21(2,3)31-20(30)29-13-11-28(12-14-29)18-15-17(19(27-26-18)22(23,24)25)10-9-16-7-5-4-6-8-16/h4-10,15H,11-14H2,1-3H3. The van der Waals surface area contributed by atoms with Crippen LogP contribution in [-0.4, -0.2) is 53.0 Å². The molecular weight excluding hydrogens is 409 g/mol. The van der Waals surface area contributed by atoms with Gasteiger partial charge in [0.25, 0.3) is 0 Å². The highest BCUT2D eigenvalue weighted by molar-refractivity contribution is 5.72. The molecule has 3 rings (SSSR count). The minimum Gasteiger partial charge on any atom is -0.444 e.